The summed E-state index contributed by atoms with van der Waals surface area (Å²) in [6.45, 7) is 0. The van der Waals surface area contributed by atoms with Crippen molar-refractivity contribution < 1.29 is 19.0 Å². The molecule has 3 aromatic carbocycles. The lowest BCUT2D eigenvalue weighted by Crippen LogP contribution is -2.05. The number of carbonyl (C=O) groups is 1. The summed E-state index contributed by atoms with van der Waals surface area (Å²) in [5.41, 5.74) is 2.22. The predicted octanol–water partition coefficient (Wildman–Crippen LogP) is 5.59. The van der Waals surface area contributed by atoms with Gasteiger partial charge in [0.1, 0.15) is 5.75 Å². The molecule has 1 aromatic heterocycles. The van der Waals surface area contributed by atoms with Crippen molar-refractivity contribution in [2.75, 3.05) is 27.1 Å². The Morgan fingerprint density at radius 3 is 2.24 bits per heavy atom. The molecule has 0 bridgehead atoms. The SMILES string of the molecule is COc1ccc(-c2nnc(SCC(=O)c3ccc(OC)c(OC)c3)n2-c2ccc(Cl)cc2)cc1. The highest BCUT2D eigenvalue weighted by atomic mass is 35.5. The van der Waals surface area contributed by atoms with Crippen LogP contribution in [-0.2, 0) is 0 Å². The minimum atomic E-state index is -0.0670. The molecular weight excluding hydrogens is 474 g/mol. The minimum Gasteiger partial charge on any atom is -0.497 e. The van der Waals surface area contributed by atoms with Gasteiger partial charge in [-0.25, -0.2) is 0 Å². The number of aromatic nitrogens is 3. The lowest BCUT2D eigenvalue weighted by Gasteiger charge is -2.11. The van der Waals surface area contributed by atoms with Crippen molar-refractivity contribution >= 4 is 29.1 Å². The molecule has 0 aliphatic carbocycles. The van der Waals surface area contributed by atoms with Gasteiger partial charge < -0.3 is 14.2 Å². The Morgan fingerprint density at radius 1 is 0.882 bits per heavy atom. The number of nitrogens with zero attached hydrogens (tertiary/aromatic N) is 3. The smallest absolute Gasteiger partial charge is 0.196 e. The lowest BCUT2D eigenvalue weighted by atomic mass is 10.1. The fourth-order valence-corrected chi connectivity index (χ4v) is 4.31. The molecule has 0 atom stereocenters. The van der Waals surface area contributed by atoms with Crippen LogP contribution in [0.4, 0.5) is 0 Å². The Bertz CT molecular complexity index is 1290. The molecule has 0 spiro atoms. The maximum Gasteiger partial charge on any atom is 0.196 e. The van der Waals surface area contributed by atoms with Crippen LogP contribution in [0.25, 0.3) is 17.1 Å². The number of methoxy groups -OCH3 is 3. The zero-order chi connectivity index (χ0) is 24.1. The fourth-order valence-electron chi connectivity index (χ4n) is 3.34. The molecule has 4 aromatic rings. The van der Waals surface area contributed by atoms with Crippen LogP contribution >= 0.6 is 23.4 Å². The number of thioether (sulfide) groups is 1. The van der Waals surface area contributed by atoms with E-state index in [1.165, 1.54) is 18.9 Å². The summed E-state index contributed by atoms with van der Waals surface area (Å²) in [6, 6.07) is 20.1. The van der Waals surface area contributed by atoms with Crippen molar-refractivity contribution in [3.05, 3.63) is 77.3 Å². The number of Topliss-reactive ketones (excluding diaryl/α,β-unsaturated/α-hetero) is 1. The van der Waals surface area contributed by atoms with Crippen LogP contribution in [0.1, 0.15) is 10.4 Å². The summed E-state index contributed by atoms with van der Waals surface area (Å²) in [7, 11) is 4.71. The molecule has 0 aliphatic rings. The molecule has 0 N–H and O–H groups in total. The molecule has 0 saturated heterocycles. The van der Waals surface area contributed by atoms with Gasteiger partial charge in [0.2, 0.25) is 0 Å². The average Bonchev–Trinajstić information content (AvgIpc) is 3.31. The Morgan fingerprint density at radius 2 is 1.59 bits per heavy atom. The Hall–Kier alpha value is -3.49. The van der Waals surface area contributed by atoms with Gasteiger partial charge in [0, 0.05) is 21.8 Å². The first-order valence-corrected chi connectivity index (χ1v) is 11.6. The molecule has 34 heavy (non-hydrogen) atoms. The van der Waals surface area contributed by atoms with Crippen molar-refractivity contribution in [3.8, 4) is 34.3 Å². The number of carbonyl (C=O) groups excluding carboxylic acids is 1. The molecule has 174 valence electrons. The van der Waals surface area contributed by atoms with E-state index in [2.05, 4.69) is 10.2 Å². The molecular formula is C25H22ClN3O4S. The van der Waals surface area contributed by atoms with E-state index in [1.54, 1.807) is 44.6 Å². The largest absolute Gasteiger partial charge is 0.497 e. The van der Waals surface area contributed by atoms with Crippen LogP contribution in [-0.4, -0.2) is 47.6 Å². The number of ketones is 1. The second-order valence-corrected chi connectivity index (χ2v) is 8.51. The third-order valence-corrected chi connectivity index (χ3v) is 6.29. The number of benzene rings is 3. The van der Waals surface area contributed by atoms with Gasteiger partial charge in [0.25, 0.3) is 0 Å². The summed E-state index contributed by atoms with van der Waals surface area (Å²) in [4.78, 5) is 12.9. The van der Waals surface area contributed by atoms with E-state index in [9.17, 15) is 4.79 Å². The molecule has 0 saturated carbocycles. The van der Waals surface area contributed by atoms with Gasteiger partial charge in [-0.05, 0) is 66.7 Å². The van der Waals surface area contributed by atoms with E-state index in [-0.39, 0.29) is 11.5 Å². The molecule has 4 rings (SSSR count). The molecule has 7 nitrogen and oxygen atoms in total. The zero-order valence-corrected chi connectivity index (χ0v) is 20.4. The maximum absolute atomic E-state index is 12.9. The Balaban J connectivity index is 1.64. The van der Waals surface area contributed by atoms with Gasteiger partial charge in [-0.15, -0.1) is 10.2 Å². The van der Waals surface area contributed by atoms with Crippen LogP contribution in [0.3, 0.4) is 0 Å². The summed E-state index contributed by atoms with van der Waals surface area (Å²) < 4.78 is 17.7. The molecule has 0 aliphatic heterocycles. The van der Waals surface area contributed by atoms with Crippen molar-refractivity contribution in [2.45, 2.75) is 5.16 Å². The van der Waals surface area contributed by atoms with Gasteiger partial charge in [-0.3, -0.25) is 9.36 Å². The first-order chi connectivity index (χ1) is 16.5. The topological polar surface area (TPSA) is 75.5 Å². The number of ether oxygens (including phenoxy) is 3. The van der Waals surface area contributed by atoms with Crippen LogP contribution in [0.2, 0.25) is 5.02 Å². The second-order valence-electron chi connectivity index (χ2n) is 7.13. The maximum atomic E-state index is 12.9. The molecule has 0 fully saturated rings. The molecule has 1 heterocycles. The molecule has 9 heteroatoms. The normalized spacial score (nSPS) is 10.7. The summed E-state index contributed by atoms with van der Waals surface area (Å²) >= 11 is 7.40. The summed E-state index contributed by atoms with van der Waals surface area (Å²) in [6.07, 6.45) is 0. The molecule has 0 unspecified atom stereocenters. The zero-order valence-electron chi connectivity index (χ0n) is 18.8. The second kappa shape index (κ2) is 10.6. The first-order valence-electron chi connectivity index (χ1n) is 10.3. The first kappa shape index (κ1) is 23.7. The summed E-state index contributed by atoms with van der Waals surface area (Å²) in [5.74, 6) is 2.57. The lowest BCUT2D eigenvalue weighted by molar-refractivity contribution is 0.102. The van der Waals surface area contributed by atoms with Crippen LogP contribution < -0.4 is 14.2 Å². The van der Waals surface area contributed by atoms with Crippen molar-refractivity contribution in [3.63, 3.8) is 0 Å². The highest BCUT2D eigenvalue weighted by Gasteiger charge is 2.19. The van der Waals surface area contributed by atoms with Crippen LogP contribution in [0, 0.1) is 0 Å². The van der Waals surface area contributed by atoms with E-state index in [0.717, 1.165) is 17.0 Å². The molecule has 0 amide bonds. The van der Waals surface area contributed by atoms with Crippen molar-refractivity contribution in [2.24, 2.45) is 0 Å². The third-order valence-electron chi connectivity index (χ3n) is 5.10. The van der Waals surface area contributed by atoms with E-state index in [0.29, 0.717) is 33.1 Å². The number of hydrogen-bond acceptors (Lipinski definition) is 7. The van der Waals surface area contributed by atoms with E-state index < -0.39 is 0 Å². The van der Waals surface area contributed by atoms with Gasteiger partial charge in [0.15, 0.2) is 28.3 Å². The fraction of sp³-hybridized carbons (Fsp3) is 0.160. The minimum absolute atomic E-state index is 0.0670. The Kier molecular flexibility index (Phi) is 7.40. The van der Waals surface area contributed by atoms with Crippen molar-refractivity contribution in [1.82, 2.24) is 14.8 Å². The highest BCUT2D eigenvalue weighted by Crippen LogP contribution is 2.31. The number of halogens is 1. The monoisotopic (exact) mass is 495 g/mol. The third kappa shape index (κ3) is 5.03. The van der Waals surface area contributed by atoms with Gasteiger partial charge >= 0.3 is 0 Å². The van der Waals surface area contributed by atoms with E-state index >= 15 is 0 Å². The van der Waals surface area contributed by atoms with E-state index in [1.807, 2.05) is 41.0 Å². The van der Waals surface area contributed by atoms with E-state index in [4.69, 9.17) is 25.8 Å². The highest BCUT2D eigenvalue weighted by molar-refractivity contribution is 7.99. The standard InChI is InChI=1S/C25H22ClN3O4S/c1-31-20-11-4-16(5-12-20)24-27-28-25(29(24)19-9-7-18(26)8-10-19)34-15-21(30)17-6-13-22(32-2)23(14-17)33-3/h4-14H,15H2,1-3H3. The predicted molar refractivity (Wildman–Crippen MR) is 133 cm³/mol. The van der Waals surface area contributed by atoms with Crippen molar-refractivity contribution in [1.29, 1.82) is 0 Å². The van der Waals surface area contributed by atoms with Gasteiger partial charge in [0.05, 0.1) is 27.1 Å². The quantitative estimate of drug-likeness (QED) is 0.221. The van der Waals surface area contributed by atoms with Crippen LogP contribution in [0.15, 0.2) is 71.9 Å². The Labute approximate surface area is 206 Å². The number of rotatable bonds is 9. The van der Waals surface area contributed by atoms with Gasteiger partial charge in [-0.1, -0.05) is 23.4 Å². The average molecular weight is 496 g/mol. The van der Waals surface area contributed by atoms with Gasteiger partial charge in [-0.2, -0.15) is 0 Å². The van der Waals surface area contributed by atoms with Crippen LogP contribution in [0.5, 0.6) is 17.2 Å². The molecule has 0 radical (unpaired) electrons. The summed E-state index contributed by atoms with van der Waals surface area (Å²) in [5, 5.41) is 10.00. The number of hydrogen-bond donors (Lipinski definition) is 0.